The highest BCUT2D eigenvalue weighted by Crippen LogP contribution is 2.27. The highest BCUT2D eigenvalue weighted by Gasteiger charge is 2.27. The summed E-state index contributed by atoms with van der Waals surface area (Å²) in [6, 6.07) is 5.62. The van der Waals surface area contributed by atoms with E-state index in [9.17, 15) is 4.79 Å². The highest BCUT2D eigenvalue weighted by molar-refractivity contribution is 6.33. The van der Waals surface area contributed by atoms with Gasteiger partial charge in [-0.3, -0.25) is 4.90 Å². The van der Waals surface area contributed by atoms with Crippen molar-refractivity contribution in [1.82, 2.24) is 4.90 Å². The lowest BCUT2D eigenvalue weighted by Crippen LogP contribution is -2.48. The van der Waals surface area contributed by atoms with Crippen LogP contribution in [0.2, 0.25) is 5.02 Å². The molecular weight excluding hydrogens is 312 g/mol. The van der Waals surface area contributed by atoms with Gasteiger partial charge in [0, 0.05) is 24.7 Å². The molecule has 128 valence electrons. The largest absolute Gasteiger partial charge is 0.462 e. The Balaban J connectivity index is 2.01. The minimum absolute atomic E-state index is 0.215. The van der Waals surface area contributed by atoms with Crippen molar-refractivity contribution < 1.29 is 9.53 Å². The summed E-state index contributed by atoms with van der Waals surface area (Å²) in [6.45, 7) is 11.1. The molecule has 0 amide bonds. The van der Waals surface area contributed by atoms with Crippen LogP contribution in [0.1, 0.15) is 50.9 Å². The lowest BCUT2D eigenvalue weighted by atomic mass is 9.98. The third-order valence-electron chi connectivity index (χ3n) is 4.28. The van der Waals surface area contributed by atoms with Crippen LogP contribution in [0.25, 0.3) is 0 Å². The van der Waals surface area contributed by atoms with Gasteiger partial charge in [-0.05, 0) is 58.7 Å². The van der Waals surface area contributed by atoms with Gasteiger partial charge in [-0.1, -0.05) is 11.6 Å². The van der Waals surface area contributed by atoms with Gasteiger partial charge in [0.25, 0.3) is 0 Å². The molecule has 0 unspecified atom stereocenters. The Morgan fingerprint density at radius 2 is 2.00 bits per heavy atom. The first-order valence-electron chi connectivity index (χ1n) is 8.29. The summed E-state index contributed by atoms with van der Waals surface area (Å²) in [6.07, 6.45) is 2.13. The second-order valence-corrected chi connectivity index (χ2v) is 7.40. The second kappa shape index (κ2) is 7.54. The van der Waals surface area contributed by atoms with Crippen LogP contribution in [0.5, 0.6) is 0 Å². The maximum atomic E-state index is 11.9. The number of rotatable bonds is 4. The van der Waals surface area contributed by atoms with Gasteiger partial charge in [0.2, 0.25) is 0 Å². The number of nitrogens with zero attached hydrogens (tertiary/aromatic N) is 1. The molecule has 2 rings (SSSR count). The summed E-state index contributed by atoms with van der Waals surface area (Å²) < 4.78 is 5.05. The number of hydrogen-bond acceptors (Lipinski definition) is 4. The molecular formula is C18H27ClN2O2. The van der Waals surface area contributed by atoms with Crippen molar-refractivity contribution in [2.45, 2.75) is 52.1 Å². The molecule has 0 atom stereocenters. The van der Waals surface area contributed by atoms with Gasteiger partial charge in [-0.15, -0.1) is 0 Å². The topological polar surface area (TPSA) is 41.6 Å². The van der Waals surface area contributed by atoms with E-state index in [1.165, 1.54) is 0 Å². The molecule has 1 fully saturated rings. The standard InChI is InChI=1S/C18H27ClN2O2/c1-5-23-17(22)13-6-7-15(19)16(12-13)20-14-8-10-21(11-9-14)18(2,3)4/h6-7,12,14,20H,5,8-11H2,1-4H3. The third kappa shape index (κ3) is 4.85. The molecule has 0 aromatic heterocycles. The summed E-state index contributed by atoms with van der Waals surface area (Å²) >= 11 is 6.27. The molecule has 4 nitrogen and oxygen atoms in total. The van der Waals surface area contributed by atoms with Crippen molar-refractivity contribution >= 4 is 23.3 Å². The number of esters is 1. The number of benzene rings is 1. The Labute approximate surface area is 144 Å². The average Bonchev–Trinajstić information content (AvgIpc) is 2.49. The Morgan fingerprint density at radius 3 is 2.57 bits per heavy atom. The van der Waals surface area contributed by atoms with Gasteiger partial charge < -0.3 is 10.1 Å². The van der Waals surface area contributed by atoms with E-state index < -0.39 is 0 Å². The van der Waals surface area contributed by atoms with Crippen LogP contribution in [-0.4, -0.2) is 42.1 Å². The van der Waals surface area contributed by atoms with Crippen molar-refractivity contribution in [2.75, 3.05) is 25.0 Å². The zero-order chi connectivity index (χ0) is 17.0. The maximum Gasteiger partial charge on any atom is 0.338 e. The fraction of sp³-hybridized carbons (Fsp3) is 0.611. The molecule has 1 N–H and O–H groups in total. The maximum absolute atomic E-state index is 11.9. The number of nitrogens with one attached hydrogen (secondary N) is 1. The highest BCUT2D eigenvalue weighted by atomic mass is 35.5. The molecule has 1 aromatic rings. The number of carbonyl (C=O) groups is 1. The van der Waals surface area contributed by atoms with E-state index in [1.807, 2.05) is 0 Å². The zero-order valence-electron chi connectivity index (χ0n) is 14.5. The van der Waals surface area contributed by atoms with Gasteiger partial charge in [0.05, 0.1) is 22.9 Å². The quantitative estimate of drug-likeness (QED) is 0.836. The molecule has 5 heteroatoms. The van der Waals surface area contributed by atoms with Crippen molar-refractivity contribution in [3.63, 3.8) is 0 Å². The lowest BCUT2D eigenvalue weighted by molar-refractivity contribution is 0.0526. The van der Waals surface area contributed by atoms with E-state index in [0.717, 1.165) is 31.6 Å². The van der Waals surface area contributed by atoms with Crippen LogP contribution in [-0.2, 0) is 4.74 Å². The Morgan fingerprint density at radius 1 is 1.35 bits per heavy atom. The van der Waals surface area contributed by atoms with Crippen LogP contribution < -0.4 is 5.32 Å². The Kier molecular flexibility index (Phi) is 5.93. The monoisotopic (exact) mass is 338 g/mol. The number of hydrogen-bond donors (Lipinski definition) is 1. The van der Waals surface area contributed by atoms with Gasteiger partial charge >= 0.3 is 5.97 Å². The second-order valence-electron chi connectivity index (χ2n) is 6.99. The molecule has 1 saturated heterocycles. The van der Waals surface area contributed by atoms with Gasteiger partial charge in [-0.2, -0.15) is 0 Å². The lowest BCUT2D eigenvalue weighted by Gasteiger charge is -2.41. The number of likely N-dealkylation sites (tertiary alicyclic amines) is 1. The van der Waals surface area contributed by atoms with Crippen LogP contribution >= 0.6 is 11.6 Å². The van der Waals surface area contributed by atoms with E-state index in [2.05, 4.69) is 31.0 Å². The van der Waals surface area contributed by atoms with Crippen LogP contribution in [0.15, 0.2) is 18.2 Å². The SMILES string of the molecule is CCOC(=O)c1ccc(Cl)c(NC2CCN(C(C)(C)C)CC2)c1. The van der Waals surface area contributed by atoms with E-state index >= 15 is 0 Å². The average molecular weight is 339 g/mol. The third-order valence-corrected chi connectivity index (χ3v) is 4.61. The van der Waals surface area contributed by atoms with Gasteiger partial charge in [0.15, 0.2) is 0 Å². The molecule has 23 heavy (non-hydrogen) atoms. The number of ether oxygens (including phenoxy) is 1. The molecule has 1 aliphatic rings. The molecule has 1 aromatic carbocycles. The molecule has 0 saturated carbocycles. The first-order chi connectivity index (χ1) is 10.8. The summed E-state index contributed by atoms with van der Waals surface area (Å²) in [5, 5.41) is 4.13. The first kappa shape index (κ1) is 18.1. The Hall–Kier alpha value is -1.26. The zero-order valence-corrected chi connectivity index (χ0v) is 15.2. The smallest absolute Gasteiger partial charge is 0.338 e. The van der Waals surface area contributed by atoms with Crippen molar-refractivity contribution in [3.8, 4) is 0 Å². The molecule has 0 bridgehead atoms. The van der Waals surface area contributed by atoms with Crippen LogP contribution in [0, 0.1) is 0 Å². The molecule has 0 aliphatic carbocycles. The molecule has 0 radical (unpaired) electrons. The number of piperidine rings is 1. The van der Waals surface area contributed by atoms with Crippen molar-refractivity contribution in [1.29, 1.82) is 0 Å². The van der Waals surface area contributed by atoms with Crippen molar-refractivity contribution in [3.05, 3.63) is 28.8 Å². The minimum Gasteiger partial charge on any atom is -0.462 e. The molecule has 1 aliphatic heterocycles. The minimum atomic E-state index is -0.310. The fourth-order valence-electron chi connectivity index (χ4n) is 2.89. The van der Waals surface area contributed by atoms with E-state index in [4.69, 9.17) is 16.3 Å². The summed E-state index contributed by atoms with van der Waals surface area (Å²) in [5.74, 6) is -0.310. The fourth-order valence-corrected chi connectivity index (χ4v) is 3.06. The Bertz CT molecular complexity index is 546. The van der Waals surface area contributed by atoms with Crippen LogP contribution in [0.3, 0.4) is 0 Å². The van der Waals surface area contributed by atoms with Crippen LogP contribution in [0.4, 0.5) is 5.69 Å². The summed E-state index contributed by atoms with van der Waals surface area (Å²) in [7, 11) is 0. The number of halogens is 1. The normalized spacial score (nSPS) is 17.1. The van der Waals surface area contributed by atoms with Gasteiger partial charge in [-0.25, -0.2) is 4.79 Å². The van der Waals surface area contributed by atoms with E-state index in [-0.39, 0.29) is 11.5 Å². The van der Waals surface area contributed by atoms with E-state index in [1.54, 1.807) is 25.1 Å². The number of carbonyl (C=O) groups excluding carboxylic acids is 1. The summed E-state index contributed by atoms with van der Waals surface area (Å²) in [5.41, 5.74) is 1.56. The molecule has 1 heterocycles. The molecule has 0 spiro atoms. The summed E-state index contributed by atoms with van der Waals surface area (Å²) in [4.78, 5) is 14.4. The van der Waals surface area contributed by atoms with Gasteiger partial charge in [0.1, 0.15) is 0 Å². The first-order valence-corrected chi connectivity index (χ1v) is 8.67. The predicted molar refractivity (Wildman–Crippen MR) is 95.4 cm³/mol. The number of anilines is 1. The van der Waals surface area contributed by atoms with E-state index in [0.29, 0.717) is 23.2 Å². The van der Waals surface area contributed by atoms with Crippen molar-refractivity contribution in [2.24, 2.45) is 0 Å². The predicted octanol–water partition coefficient (Wildman–Crippen LogP) is 4.19.